The second kappa shape index (κ2) is 2.90. The minimum atomic E-state index is -3.45. The lowest BCUT2D eigenvalue weighted by Crippen LogP contribution is -2.36. The highest BCUT2D eigenvalue weighted by molar-refractivity contribution is 8.14. The number of nitrogens with one attached hydrogen (secondary N) is 1. The Morgan fingerprint density at radius 1 is 1.64 bits per heavy atom. The van der Waals surface area contributed by atoms with Crippen molar-refractivity contribution in [2.24, 2.45) is 0 Å². The van der Waals surface area contributed by atoms with Crippen molar-refractivity contribution in [1.29, 1.82) is 0 Å². The Morgan fingerprint density at radius 2 is 2.18 bits per heavy atom. The van der Waals surface area contributed by atoms with Gasteiger partial charge in [-0.1, -0.05) is 0 Å². The van der Waals surface area contributed by atoms with E-state index in [1.54, 1.807) is 11.9 Å². The predicted molar refractivity (Wildman–Crippen MR) is 43.8 cm³/mol. The van der Waals surface area contributed by atoms with E-state index in [1.807, 2.05) is 6.92 Å². The lowest BCUT2D eigenvalue weighted by atomic mass is 10.5. The summed E-state index contributed by atoms with van der Waals surface area (Å²) in [5.74, 6) is 0. The summed E-state index contributed by atoms with van der Waals surface area (Å²) in [6.45, 7) is 2.30. The first-order chi connectivity index (χ1) is 4.93. The highest BCUT2D eigenvalue weighted by atomic mass is 35.7. The van der Waals surface area contributed by atoms with Gasteiger partial charge in [-0.05, 0) is 14.0 Å². The van der Waals surface area contributed by atoms with Crippen LogP contribution in [0.3, 0.4) is 0 Å². The SMILES string of the molecule is CC1NCC(S(=O)(=O)Cl)N1C. The van der Waals surface area contributed by atoms with Crippen molar-refractivity contribution in [3.8, 4) is 0 Å². The summed E-state index contributed by atoms with van der Waals surface area (Å²) >= 11 is 0. The number of hydrogen-bond acceptors (Lipinski definition) is 4. The summed E-state index contributed by atoms with van der Waals surface area (Å²) < 4.78 is 21.7. The fourth-order valence-electron chi connectivity index (χ4n) is 1.11. The number of rotatable bonds is 1. The number of nitrogens with zero attached hydrogens (tertiary/aromatic N) is 1. The van der Waals surface area contributed by atoms with Crippen molar-refractivity contribution < 1.29 is 8.42 Å². The molecule has 0 saturated carbocycles. The Morgan fingerprint density at radius 3 is 2.36 bits per heavy atom. The number of likely N-dealkylation sites (N-methyl/N-ethyl adjacent to an activating group) is 1. The first kappa shape index (κ1) is 9.25. The van der Waals surface area contributed by atoms with E-state index >= 15 is 0 Å². The maximum absolute atomic E-state index is 10.9. The second-order valence-corrected chi connectivity index (χ2v) is 5.47. The number of hydrogen-bond donors (Lipinski definition) is 1. The van der Waals surface area contributed by atoms with Crippen LogP contribution >= 0.6 is 10.7 Å². The average molecular weight is 199 g/mol. The summed E-state index contributed by atoms with van der Waals surface area (Å²) in [5, 5.41) is 2.40. The normalized spacial score (nSPS) is 34.5. The standard InChI is InChI=1S/C5H11ClN2O2S/c1-4-7-3-5(8(4)2)11(6,9)10/h4-5,7H,3H2,1-2H3. The molecule has 0 aromatic heterocycles. The molecule has 66 valence electrons. The smallest absolute Gasteiger partial charge is 0.250 e. The van der Waals surface area contributed by atoms with E-state index in [0.717, 1.165) is 0 Å². The molecule has 0 aliphatic carbocycles. The molecule has 4 nitrogen and oxygen atoms in total. The molecule has 1 aliphatic heterocycles. The molecule has 2 atom stereocenters. The predicted octanol–water partition coefficient (Wildman–Crippen LogP) is -0.238. The molecule has 0 aromatic rings. The van der Waals surface area contributed by atoms with Gasteiger partial charge in [-0.15, -0.1) is 0 Å². The molecule has 2 unspecified atom stereocenters. The highest BCUT2D eigenvalue weighted by Crippen LogP contribution is 2.16. The summed E-state index contributed by atoms with van der Waals surface area (Å²) in [6.07, 6.45) is 0.0773. The minimum absolute atomic E-state index is 0.0773. The second-order valence-electron chi connectivity index (χ2n) is 2.68. The summed E-state index contributed by atoms with van der Waals surface area (Å²) in [4.78, 5) is 1.70. The zero-order valence-electron chi connectivity index (χ0n) is 6.41. The monoisotopic (exact) mass is 198 g/mol. The summed E-state index contributed by atoms with van der Waals surface area (Å²) in [7, 11) is 3.47. The van der Waals surface area contributed by atoms with Crippen molar-refractivity contribution in [3.05, 3.63) is 0 Å². The molecular formula is C5H11ClN2O2S. The van der Waals surface area contributed by atoms with Crippen LogP contribution in [0.2, 0.25) is 0 Å². The molecule has 1 rings (SSSR count). The third-order valence-corrected chi connectivity index (χ3v) is 3.74. The Balaban J connectivity index is 2.78. The van der Waals surface area contributed by atoms with Crippen LogP contribution in [0.15, 0.2) is 0 Å². The molecule has 11 heavy (non-hydrogen) atoms. The molecule has 0 amide bonds. The molecule has 1 heterocycles. The molecule has 1 saturated heterocycles. The van der Waals surface area contributed by atoms with Gasteiger partial charge in [0.25, 0.3) is 0 Å². The van der Waals surface area contributed by atoms with E-state index in [-0.39, 0.29) is 6.17 Å². The van der Waals surface area contributed by atoms with Gasteiger partial charge in [0.1, 0.15) is 5.37 Å². The van der Waals surface area contributed by atoms with Gasteiger partial charge in [0.15, 0.2) is 0 Å². The molecule has 0 aromatic carbocycles. The highest BCUT2D eigenvalue weighted by Gasteiger charge is 2.35. The number of halogens is 1. The molecule has 1 fully saturated rings. The van der Waals surface area contributed by atoms with Gasteiger partial charge >= 0.3 is 0 Å². The fraction of sp³-hybridized carbons (Fsp3) is 1.00. The fourth-order valence-corrected chi connectivity index (χ4v) is 2.55. The maximum atomic E-state index is 10.9. The zero-order valence-corrected chi connectivity index (χ0v) is 7.98. The van der Waals surface area contributed by atoms with Crippen LogP contribution in [0.4, 0.5) is 0 Å². The van der Waals surface area contributed by atoms with Gasteiger partial charge in [-0.3, -0.25) is 10.2 Å². The van der Waals surface area contributed by atoms with Gasteiger partial charge in [-0.2, -0.15) is 0 Å². The van der Waals surface area contributed by atoms with Gasteiger partial charge in [0.2, 0.25) is 9.05 Å². The Labute approximate surface area is 70.9 Å². The average Bonchev–Trinajstić information content (AvgIpc) is 2.11. The van der Waals surface area contributed by atoms with Crippen LogP contribution in [-0.4, -0.2) is 38.4 Å². The van der Waals surface area contributed by atoms with Crippen LogP contribution in [-0.2, 0) is 9.05 Å². The van der Waals surface area contributed by atoms with E-state index < -0.39 is 14.4 Å². The van der Waals surface area contributed by atoms with Crippen LogP contribution in [0, 0.1) is 0 Å². The van der Waals surface area contributed by atoms with E-state index in [9.17, 15) is 8.42 Å². The van der Waals surface area contributed by atoms with Crippen molar-refractivity contribution in [2.75, 3.05) is 13.6 Å². The third-order valence-electron chi connectivity index (χ3n) is 1.98. The molecule has 0 radical (unpaired) electrons. The molecule has 1 aliphatic rings. The Bertz CT molecular complexity index is 241. The van der Waals surface area contributed by atoms with Crippen LogP contribution in [0.5, 0.6) is 0 Å². The quantitative estimate of drug-likeness (QED) is 0.591. The third kappa shape index (κ3) is 1.84. The summed E-state index contributed by atoms with van der Waals surface area (Å²) in [6, 6.07) is 0. The van der Waals surface area contributed by atoms with Crippen molar-refractivity contribution in [1.82, 2.24) is 10.2 Å². The molecule has 1 N–H and O–H groups in total. The maximum Gasteiger partial charge on any atom is 0.250 e. The van der Waals surface area contributed by atoms with Gasteiger partial charge in [0.05, 0.1) is 6.17 Å². The van der Waals surface area contributed by atoms with Gasteiger partial charge in [0, 0.05) is 17.2 Å². The first-order valence-electron chi connectivity index (χ1n) is 3.31. The molecule has 0 bridgehead atoms. The van der Waals surface area contributed by atoms with Crippen LogP contribution < -0.4 is 5.32 Å². The van der Waals surface area contributed by atoms with E-state index in [1.165, 1.54) is 0 Å². The van der Waals surface area contributed by atoms with E-state index in [2.05, 4.69) is 5.32 Å². The van der Waals surface area contributed by atoms with Crippen molar-refractivity contribution >= 4 is 19.7 Å². The topological polar surface area (TPSA) is 49.4 Å². The largest absolute Gasteiger partial charge is 0.299 e. The van der Waals surface area contributed by atoms with Crippen LogP contribution in [0.25, 0.3) is 0 Å². The van der Waals surface area contributed by atoms with Gasteiger partial charge < -0.3 is 0 Å². The molecular weight excluding hydrogens is 188 g/mol. The lowest BCUT2D eigenvalue weighted by Gasteiger charge is -2.18. The molecule has 0 spiro atoms. The van der Waals surface area contributed by atoms with Gasteiger partial charge in [-0.25, -0.2) is 8.42 Å². The first-order valence-corrected chi connectivity index (χ1v) is 5.69. The van der Waals surface area contributed by atoms with Crippen molar-refractivity contribution in [2.45, 2.75) is 18.5 Å². The minimum Gasteiger partial charge on any atom is -0.299 e. The Kier molecular flexibility index (Phi) is 2.43. The van der Waals surface area contributed by atoms with Crippen LogP contribution in [0.1, 0.15) is 6.92 Å². The Hall–Kier alpha value is 0.160. The van der Waals surface area contributed by atoms with E-state index in [4.69, 9.17) is 10.7 Å². The van der Waals surface area contributed by atoms with Crippen molar-refractivity contribution in [3.63, 3.8) is 0 Å². The van der Waals surface area contributed by atoms with E-state index in [0.29, 0.717) is 6.54 Å². The zero-order chi connectivity index (χ0) is 8.65. The molecule has 6 heteroatoms. The lowest BCUT2D eigenvalue weighted by molar-refractivity contribution is 0.293. The summed E-state index contributed by atoms with van der Waals surface area (Å²) in [5.41, 5.74) is 0.